The highest BCUT2D eigenvalue weighted by atomic mass is 16.5. The van der Waals surface area contributed by atoms with Gasteiger partial charge in [-0.05, 0) is 37.3 Å². The van der Waals surface area contributed by atoms with E-state index in [0.29, 0.717) is 5.56 Å². The molecule has 0 aromatic carbocycles. The molecule has 4 aliphatic rings. The van der Waals surface area contributed by atoms with Gasteiger partial charge in [0.25, 0.3) is 0 Å². The first kappa shape index (κ1) is 16.0. The topological polar surface area (TPSA) is 97.7 Å². The molecule has 4 heterocycles. The average Bonchev–Trinajstić information content (AvgIpc) is 2.61. The lowest BCUT2D eigenvalue weighted by molar-refractivity contribution is -0.134. The molecule has 1 aromatic heterocycles. The van der Waals surface area contributed by atoms with E-state index in [2.05, 4.69) is 15.2 Å². The lowest BCUT2D eigenvalue weighted by atomic mass is 9.71. The van der Waals surface area contributed by atoms with Gasteiger partial charge >= 0.3 is 0 Å². The summed E-state index contributed by atoms with van der Waals surface area (Å²) in [6.45, 7) is 2.56. The van der Waals surface area contributed by atoms with E-state index in [0.717, 1.165) is 63.0 Å². The first-order chi connectivity index (χ1) is 11.6. The third-order valence-corrected chi connectivity index (χ3v) is 5.81. The molecular formula is C17H24N4O3. The van der Waals surface area contributed by atoms with Crippen LogP contribution in [0.15, 0.2) is 12.3 Å². The fourth-order valence-electron chi connectivity index (χ4n) is 4.41. The molecule has 3 fully saturated rings. The van der Waals surface area contributed by atoms with Gasteiger partial charge in [-0.2, -0.15) is 5.48 Å². The minimum Gasteiger partial charge on any atom is -0.372 e. The van der Waals surface area contributed by atoms with Crippen LogP contribution in [-0.2, 0) is 17.8 Å². The Kier molecular flexibility index (Phi) is 4.04. The monoisotopic (exact) mass is 332 g/mol. The molecule has 0 radical (unpaired) electrons. The molecule has 2 saturated heterocycles. The van der Waals surface area contributed by atoms with Gasteiger partial charge in [0.05, 0.1) is 5.54 Å². The highest BCUT2D eigenvalue weighted by molar-refractivity contribution is 5.81. The van der Waals surface area contributed by atoms with Crippen LogP contribution in [0.2, 0.25) is 0 Å². The van der Waals surface area contributed by atoms with Gasteiger partial charge in [-0.3, -0.25) is 14.7 Å². The van der Waals surface area contributed by atoms with Crippen LogP contribution in [0.4, 0.5) is 0 Å². The predicted molar refractivity (Wildman–Crippen MR) is 85.9 cm³/mol. The minimum atomic E-state index is -1.12. The molecule has 24 heavy (non-hydrogen) atoms. The van der Waals surface area contributed by atoms with Gasteiger partial charge in [-0.15, -0.1) is 0 Å². The number of hydrogen-bond donors (Lipinski definition) is 4. The first-order valence-corrected chi connectivity index (χ1v) is 8.68. The Morgan fingerprint density at radius 2 is 2.25 bits per heavy atom. The molecule has 7 heteroatoms. The Labute approximate surface area is 141 Å². The van der Waals surface area contributed by atoms with Crippen LogP contribution in [0.25, 0.3) is 0 Å². The molecule has 7 nitrogen and oxygen atoms in total. The standard InChI is InChI=1S/C17H24N4O3/c22-15-11-1-4-17(19-15,5-2-11)10-21-6-3-14-13(9-21)7-12(8-18-14)16(23)20-24/h7-8,11,16,20,23-24H,1-6,9-10H2,(H,19,22). The zero-order valence-electron chi connectivity index (χ0n) is 13.7. The van der Waals surface area contributed by atoms with Crippen molar-refractivity contribution in [1.29, 1.82) is 0 Å². The van der Waals surface area contributed by atoms with E-state index in [1.165, 1.54) is 0 Å². The second-order valence-corrected chi connectivity index (χ2v) is 7.41. The Balaban J connectivity index is 1.48. The van der Waals surface area contributed by atoms with E-state index in [4.69, 9.17) is 5.21 Å². The number of carbonyl (C=O) groups excluding carboxylic acids is 1. The summed E-state index contributed by atoms with van der Waals surface area (Å²) >= 11 is 0. The first-order valence-electron chi connectivity index (χ1n) is 8.68. The number of aromatic nitrogens is 1. The third-order valence-electron chi connectivity index (χ3n) is 5.81. The molecule has 1 saturated carbocycles. The molecule has 1 unspecified atom stereocenters. The van der Waals surface area contributed by atoms with Crippen molar-refractivity contribution < 1.29 is 15.1 Å². The van der Waals surface area contributed by atoms with Gasteiger partial charge in [0.2, 0.25) is 5.91 Å². The highest BCUT2D eigenvalue weighted by Crippen LogP contribution is 2.38. The fraction of sp³-hybridized carbons (Fsp3) is 0.647. The van der Waals surface area contributed by atoms with Gasteiger partial charge < -0.3 is 15.6 Å². The van der Waals surface area contributed by atoms with Crippen molar-refractivity contribution in [3.8, 4) is 0 Å². The lowest BCUT2D eigenvalue weighted by Gasteiger charge is -2.49. The van der Waals surface area contributed by atoms with E-state index >= 15 is 0 Å². The fourth-order valence-corrected chi connectivity index (χ4v) is 4.41. The van der Waals surface area contributed by atoms with Gasteiger partial charge in [0.1, 0.15) is 0 Å². The molecule has 0 spiro atoms. The molecule has 1 amide bonds. The Hall–Kier alpha value is -1.54. The molecule has 1 aromatic rings. The number of hydroxylamine groups is 1. The Morgan fingerprint density at radius 1 is 1.46 bits per heavy atom. The van der Waals surface area contributed by atoms with E-state index in [1.807, 2.05) is 11.5 Å². The van der Waals surface area contributed by atoms with Gasteiger partial charge in [0, 0.05) is 49.4 Å². The SMILES string of the molecule is O=C1NC2(CN3CCc4ncc(C(O)NO)cc4C3)CCC1CC2. The van der Waals surface area contributed by atoms with Crippen LogP contribution in [0.1, 0.15) is 48.7 Å². The number of nitrogens with zero attached hydrogens (tertiary/aromatic N) is 2. The summed E-state index contributed by atoms with van der Waals surface area (Å²) in [4.78, 5) is 18.8. The zero-order valence-corrected chi connectivity index (χ0v) is 13.7. The quantitative estimate of drug-likeness (QED) is 0.473. The van der Waals surface area contributed by atoms with Crippen molar-refractivity contribution in [1.82, 2.24) is 20.7 Å². The molecule has 5 rings (SSSR count). The van der Waals surface area contributed by atoms with Crippen molar-refractivity contribution in [2.75, 3.05) is 13.1 Å². The number of rotatable bonds is 4. The molecule has 130 valence electrons. The van der Waals surface area contributed by atoms with Crippen molar-refractivity contribution in [3.05, 3.63) is 29.1 Å². The summed E-state index contributed by atoms with van der Waals surface area (Å²) in [7, 11) is 0. The second kappa shape index (κ2) is 6.07. The number of carbonyl (C=O) groups is 1. The average molecular weight is 332 g/mol. The number of aliphatic hydroxyl groups excluding tert-OH is 1. The number of amides is 1. The third kappa shape index (κ3) is 2.82. The largest absolute Gasteiger partial charge is 0.372 e. The van der Waals surface area contributed by atoms with Crippen molar-refractivity contribution >= 4 is 5.91 Å². The number of aliphatic hydroxyl groups is 1. The summed E-state index contributed by atoms with van der Waals surface area (Å²) in [6, 6.07) is 1.90. The van der Waals surface area contributed by atoms with Gasteiger partial charge in [-0.1, -0.05) is 0 Å². The number of hydrogen-bond acceptors (Lipinski definition) is 6. The van der Waals surface area contributed by atoms with Crippen molar-refractivity contribution in [2.24, 2.45) is 5.92 Å². The van der Waals surface area contributed by atoms with E-state index in [-0.39, 0.29) is 17.4 Å². The van der Waals surface area contributed by atoms with Crippen molar-refractivity contribution in [2.45, 2.75) is 50.4 Å². The normalized spacial score (nSPS) is 30.8. The van der Waals surface area contributed by atoms with E-state index in [1.54, 1.807) is 6.20 Å². The van der Waals surface area contributed by atoms with Crippen molar-refractivity contribution in [3.63, 3.8) is 0 Å². The maximum atomic E-state index is 12.1. The Bertz CT molecular complexity index is 643. The van der Waals surface area contributed by atoms with Gasteiger partial charge in [0.15, 0.2) is 6.23 Å². The van der Waals surface area contributed by atoms with Crippen LogP contribution in [0.3, 0.4) is 0 Å². The molecule has 1 aliphatic carbocycles. The number of piperidine rings is 2. The van der Waals surface area contributed by atoms with Gasteiger partial charge in [-0.25, -0.2) is 0 Å². The summed E-state index contributed by atoms with van der Waals surface area (Å²) in [5.41, 5.74) is 4.47. The molecule has 2 bridgehead atoms. The molecule has 4 N–H and O–H groups in total. The summed E-state index contributed by atoms with van der Waals surface area (Å²) in [5.74, 6) is 0.458. The highest BCUT2D eigenvalue weighted by Gasteiger charge is 2.45. The number of nitrogens with one attached hydrogen (secondary N) is 2. The predicted octanol–water partition coefficient (Wildman–Crippen LogP) is 0.468. The van der Waals surface area contributed by atoms with Crippen LogP contribution in [0.5, 0.6) is 0 Å². The van der Waals surface area contributed by atoms with Crippen LogP contribution >= 0.6 is 0 Å². The number of fused-ring (bicyclic) bond motifs is 4. The summed E-state index contributed by atoms with van der Waals surface area (Å²) in [6.07, 6.45) is 5.50. The summed E-state index contributed by atoms with van der Waals surface area (Å²) in [5, 5.41) is 21.8. The second-order valence-electron chi connectivity index (χ2n) is 7.41. The minimum absolute atomic E-state index is 0.0689. The lowest BCUT2D eigenvalue weighted by Crippen LogP contribution is -2.63. The molecule has 1 atom stereocenters. The summed E-state index contributed by atoms with van der Waals surface area (Å²) < 4.78 is 0. The zero-order chi connectivity index (χ0) is 16.7. The van der Waals surface area contributed by atoms with Crippen LogP contribution < -0.4 is 10.8 Å². The Morgan fingerprint density at radius 3 is 2.96 bits per heavy atom. The maximum absolute atomic E-state index is 12.1. The maximum Gasteiger partial charge on any atom is 0.223 e. The van der Waals surface area contributed by atoms with E-state index in [9.17, 15) is 9.90 Å². The van der Waals surface area contributed by atoms with Crippen LogP contribution in [-0.4, -0.2) is 44.7 Å². The smallest absolute Gasteiger partial charge is 0.223 e. The molecule has 3 aliphatic heterocycles. The van der Waals surface area contributed by atoms with Crippen LogP contribution in [0, 0.1) is 5.92 Å². The number of pyridine rings is 1. The van der Waals surface area contributed by atoms with E-state index < -0.39 is 6.23 Å². The molecular weight excluding hydrogens is 308 g/mol.